The van der Waals surface area contributed by atoms with Crippen molar-refractivity contribution in [2.45, 2.75) is 59.0 Å². The minimum Gasteiger partial charge on any atom is -0.481 e. The van der Waals surface area contributed by atoms with Crippen molar-refractivity contribution >= 4 is 21.6 Å². The lowest BCUT2D eigenvalue weighted by Crippen LogP contribution is -2.40. The second-order valence-corrected chi connectivity index (χ2v) is 8.91. The van der Waals surface area contributed by atoms with Gasteiger partial charge in [-0.2, -0.15) is 0 Å². The molecule has 1 rings (SSSR count). The molecule has 154 valence electrons. The van der Waals surface area contributed by atoms with E-state index in [2.05, 4.69) is 19.2 Å². The zero-order valence-corrected chi connectivity index (χ0v) is 18.0. The van der Waals surface area contributed by atoms with Crippen molar-refractivity contribution in [3.63, 3.8) is 0 Å². The molecule has 0 saturated heterocycles. The molecule has 1 amide bonds. The largest absolute Gasteiger partial charge is 0.481 e. The highest BCUT2D eigenvalue weighted by molar-refractivity contribution is 7.92. The quantitative estimate of drug-likeness (QED) is 0.584. The standard InChI is InChI=1S/C20H34N2O4S/c1-6-9-10-16(7-2)15-21-20(23)19(8-3)26-18-13-11-17(12-14-18)22(4)27(5,24)25/h11-14,16,19H,6-10,15H2,1-5H3,(H,21,23)/t16-,19-/m0/s1. The molecule has 6 nitrogen and oxygen atoms in total. The van der Waals surface area contributed by atoms with Crippen LogP contribution in [0.1, 0.15) is 52.9 Å². The van der Waals surface area contributed by atoms with E-state index in [0.717, 1.165) is 25.5 Å². The molecule has 0 fully saturated rings. The van der Waals surface area contributed by atoms with E-state index in [4.69, 9.17) is 4.74 Å². The Kier molecular flexibility index (Phi) is 9.63. The number of ether oxygens (including phenoxy) is 1. The molecule has 0 saturated carbocycles. The van der Waals surface area contributed by atoms with Crippen LogP contribution >= 0.6 is 0 Å². The van der Waals surface area contributed by atoms with Crippen LogP contribution in [0, 0.1) is 5.92 Å². The van der Waals surface area contributed by atoms with Gasteiger partial charge in [0.05, 0.1) is 11.9 Å². The number of nitrogens with zero attached hydrogens (tertiary/aromatic N) is 1. The van der Waals surface area contributed by atoms with Crippen LogP contribution in [0.4, 0.5) is 5.69 Å². The highest BCUT2D eigenvalue weighted by Gasteiger charge is 2.20. The third-order valence-corrected chi connectivity index (χ3v) is 5.95. The molecule has 7 heteroatoms. The van der Waals surface area contributed by atoms with Crippen LogP contribution in [0.25, 0.3) is 0 Å². The Morgan fingerprint density at radius 2 is 1.78 bits per heavy atom. The number of rotatable bonds is 12. The van der Waals surface area contributed by atoms with Gasteiger partial charge >= 0.3 is 0 Å². The fraction of sp³-hybridized carbons (Fsp3) is 0.650. The van der Waals surface area contributed by atoms with Crippen LogP contribution in [-0.2, 0) is 14.8 Å². The fourth-order valence-corrected chi connectivity index (χ4v) is 3.22. The summed E-state index contributed by atoms with van der Waals surface area (Å²) in [5, 5.41) is 3.01. The van der Waals surface area contributed by atoms with Crippen LogP contribution in [0.3, 0.4) is 0 Å². The third kappa shape index (κ3) is 7.79. The van der Waals surface area contributed by atoms with Crippen molar-refractivity contribution in [2.75, 3.05) is 24.2 Å². The van der Waals surface area contributed by atoms with Crippen molar-refractivity contribution < 1.29 is 17.9 Å². The zero-order valence-electron chi connectivity index (χ0n) is 17.2. The molecule has 0 heterocycles. The van der Waals surface area contributed by atoms with Crippen LogP contribution in [0.2, 0.25) is 0 Å². The Labute approximate surface area is 164 Å². The average molecular weight is 399 g/mol. The number of carbonyl (C=O) groups excluding carboxylic acids is 1. The highest BCUT2D eigenvalue weighted by atomic mass is 32.2. The molecule has 0 unspecified atom stereocenters. The molecule has 1 N–H and O–H groups in total. The molecule has 0 aromatic heterocycles. The van der Waals surface area contributed by atoms with Crippen molar-refractivity contribution in [3.05, 3.63) is 24.3 Å². The SMILES string of the molecule is CCCC[C@H](CC)CNC(=O)[C@H](CC)Oc1ccc(N(C)S(C)(=O)=O)cc1. The topological polar surface area (TPSA) is 75.7 Å². The van der Waals surface area contributed by atoms with Gasteiger partial charge in [-0.1, -0.05) is 40.0 Å². The lowest BCUT2D eigenvalue weighted by atomic mass is 9.99. The first-order valence-electron chi connectivity index (χ1n) is 9.71. The summed E-state index contributed by atoms with van der Waals surface area (Å²) in [5.41, 5.74) is 0.545. The minimum absolute atomic E-state index is 0.107. The van der Waals surface area contributed by atoms with E-state index >= 15 is 0 Å². The zero-order chi connectivity index (χ0) is 20.4. The van der Waals surface area contributed by atoms with Gasteiger partial charge in [-0.3, -0.25) is 9.10 Å². The normalized spacial score (nSPS) is 13.7. The molecule has 0 bridgehead atoms. The van der Waals surface area contributed by atoms with E-state index in [1.165, 1.54) is 17.8 Å². The first-order chi connectivity index (χ1) is 12.7. The maximum absolute atomic E-state index is 12.5. The van der Waals surface area contributed by atoms with Gasteiger partial charge in [0, 0.05) is 13.6 Å². The molecule has 1 aromatic carbocycles. The van der Waals surface area contributed by atoms with Crippen molar-refractivity contribution in [1.29, 1.82) is 0 Å². The Bertz CT molecular complexity index is 674. The second-order valence-electron chi connectivity index (χ2n) is 6.90. The summed E-state index contributed by atoms with van der Waals surface area (Å²) in [6.07, 6.45) is 5.66. The summed E-state index contributed by atoms with van der Waals surface area (Å²) in [6.45, 7) is 6.90. The molecule has 2 atom stereocenters. The van der Waals surface area contributed by atoms with Crippen molar-refractivity contribution in [1.82, 2.24) is 5.32 Å². The number of nitrogens with one attached hydrogen (secondary N) is 1. The van der Waals surface area contributed by atoms with Gasteiger partial charge in [-0.15, -0.1) is 0 Å². The van der Waals surface area contributed by atoms with E-state index in [-0.39, 0.29) is 5.91 Å². The number of sulfonamides is 1. The van der Waals surface area contributed by atoms with E-state index in [1.54, 1.807) is 24.3 Å². The van der Waals surface area contributed by atoms with E-state index in [9.17, 15) is 13.2 Å². The van der Waals surface area contributed by atoms with Crippen LogP contribution in [-0.4, -0.2) is 40.3 Å². The molecule has 1 aromatic rings. The number of unbranched alkanes of at least 4 members (excludes halogenated alkanes) is 1. The van der Waals surface area contributed by atoms with Gasteiger partial charge in [-0.25, -0.2) is 8.42 Å². The Hall–Kier alpha value is -1.76. The first-order valence-corrected chi connectivity index (χ1v) is 11.6. The summed E-state index contributed by atoms with van der Waals surface area (Å²) in [7, 11) is -1.81. The summed E-state index contributed by atoms with van der Waals surface area (Å²) in [4.78, 5) is 12.5. The van der Waals surface area contributed by atoms with Crippen molar-refractivity contribution in [3.8, 4) is 5.75 Å². The van der Waals surface area contributed by atoms with Gasteiger partial charge < -0.3 is 10.1 Å². The Balaban J connectivity index is 2.65. The fourth-order valence-electron chi connectivity index (χ4n) is 2.71. The molecule has 0 aliphatic carbocycles. The molecule has 27 heavy (non-hydrogen) atoms. The number of carbonyl (C=O) groups is 1. The monoisotopic (exact) mass is 398 g/mol. The maximum Gasteiger partial charge on any atom is 0.261 e. The van der Waals surface area contributed by atoms with Gasteiger partial charge in [0.1, 0.15) is 5.75 Å². The summed E-state index contributed by atoms with van der Waals surface area (Å²) < 4.78 is 30.2. The van der Waals surface area contributed by atoms with Crippen molar-refractivity contribution in [2.24, 2.45) is 5.92 Å². The predicted molar refractivity (Wildman–Crippen MR) is 111 cm³/mol. The predicted octanol–water partition coefficient (Wildman–Crippen LogP) is 3.57. The van der Waals surface area contributed by atoms with E-state index in [0.29, 0.717) is 30.3 Å². The number of anilines is 1. The van der Waals surface area contributed by atoms with Gasteiger partial charge in [0.2, 0.25) is 10.0 Å². The molecule has 0 radical (unpaired) electrons. The average Bonchev–Trinajstić information content (AvgIpc) is 2.65. The smallest absolute Gasteiger partial charge is 0.261 e. The molecule has 0 aliphatic rings. The van der Waals surface area contributed by atoms with Crippen LogP contribution < -0.4 is 14.4 Å². The number of hydrogen-bond acceptors (Lipinski definition) is 4. The van der Waals surface area contributed by atoms with Gasteiger partial charge in [0.15, 0.2) is 6.10 Å². The Morgan fingerprint density at radius 1 is 1.15 bits per heavy atom. The molecule has 0 aliphatic heterocycles. The molecular formula is C20H34N2O4S. The Morgan fingerprint density at radius 3 is 2.26 bits per heavy atom. The van der Waals surface area contributed by atoms with Crippen LogP contribution in [0.5, 0.6) is 5.75 Å². The summed E-state index contributed by atoms with van der Waals surface area (Å²) in [5.74, 6) is 0.933. The van der Waals surface area contributed by atoms with Gasteiger partial charge in [0.25, 0.3) is 5.91 Å². The number of amides is 1. The highest BCUT2D eigenvalue weighted by Crippen LogP contribution is 2.21. The van der Waals surface area contributed by atoms with E-state index < -0.39 is 16.1 Å². The van der Waals surface area contributed by atoms with E-state index in [1.807, 2.05) is 6.92 Å². The third-order valence-electron chi connectivity index (χ3n) is 4.75. The maximum atomic E-state index is 12.5. The lowest BCUT2D eigenvalue weighted by molar-refractivity contribution is -0.128. The minimum atomic E-state index is -3.31. The first kappa shape index (κ1) is 23.3. The second kappa shape index (κ2) is 11.2. The molecule has 0 spiro atoms. The summed E-state index contributed by atoms with van der Waals surface area (Å²) >= 11 is 0. The lowest BCUT2D eigenvalue weighted by Gasteiger charge is -2.21. The van der Waals surface area contributed by atoms with Gasteiger partial charge in [-0.05, 0) is 43.0 Å². The molecular weight excluding hydrogens is 364 g/mol. The van der Waals surface area contributed by atoms with Crippen LogP contribution in [0.15, 0.2) is 24.3 Å². The number of benzene rings is 1. The summed E-state index contributed by atoms with van der Waals surface area (Å²) in [6, 6.07) is 6.70. The number of hydrogen-bond donors (Lipinski definition) is 1.